The Kier molecular flexibility index (Phi) is 3.48. The SMILES string of the molecule is NC1CC(Oc2ccc(F)cc2)C12CCCCCC2. The van der Waals surface area contributed by atoms with Crippen molar-refractivity contribution >= 4 is 0 Å². The molecule has 3 rings (SSSR count). The van der Waals surface area contributed by atoms with Gasteiger partial charge in [0.2, 0.25) is 0 Å². The molecular weight excluding hydrogens is 241 g/mol. The first-order chi connectivity index (χ1) is 9.21. The monoisotopic (exact) mass is 263 g/mol. The Morgan fingerprint density at radius 3 is 2.26 bits per heavy atom. The summed E-state index contributed by atoms with van der Waals surface area (Å²) in [5.41, 5.74) is 6.46. The lowest BCUT2D eigenvalue weighted by molar-refractivity contribution is -0.0770. The van der Waals surface area contributed by atoms with Crippen LogP contribution in [0, 0.1) is 11.2 Å². The third kappa shape index (κ3) is 2.36. The average molecular weight is 263 g/mol. The van der Waals surface area contributed by atoms with Crippen LogP contribution in [0.3, 0.4) is 0 Å². The van der Waals surface area contributed by atoms with Crippen molar-refractivity contribution in [3.8, 4) is 5.75 Å². The maximum Gasteiger partial charge on any atom is 0.123 e. The third-order valence-corrected chi connectivity index (χ3v) is 4.97. The molecular formula is C16H22FNO. The van der Waals surface area contributed by atoms with Crippen molar-refractivity contribution in [2.75, 3.05) is 0 Å². The van der Waals surface area contributed by atoms with Gasteiger partial charge in [0.05, 0.1) is 0 Å². The van der Waals surface area contributed by atoms with E-state index in [2.05, 4.69) is 0 Å². The number of nitrogens with two attached hydrogens (primary N) is 1. The summed E-state index contributed by atoms with van der Waals surface area (Å²) in [6.45, 7) is 0. The van der Waals surface area contributed by atoms with Gasteiger partial charge in [-0.3, -0.25) is 0 Å². The summed E-state index contributed by atoms with van der Waals surface area (Å²) < 4.78 is 19.0. The molecule has 3 heteroatoms. The van der Waals surface area contributed by atoms with Gasteiger partial charge in [0.25, 0.3) is 0 Å². The molecule has 0 heterocycles. The van der Waals surface area contributed by atoms with E-state index in [-0.39, 0.29) is 23.4 Å². The molecule has 2 atom stereocenters. The molecule has 2 aliphatic rings. The maximum absolute atomic E-state index is 12.9. The second kappa shape index (κ2) is 5.12. The molecule has 1 aromatic rings. The van der Waals surface area contributed by atoms with Gasteiger partial charge in [0, 0.05) is 17.9 Å². The fourth-order valence-electron chi connectivity index (χ4n) is 3.70. The van der Waals surface area contributed by atoms with Crippen molar-refractivity contribution in [1.29, 1.82) is 0 Å². The van der Waals surface area contributed by atoms with E-state index in [0.29, 0.717) is 0 Å². The van der Waals surface area contributed by atoms with Gasteiger partial charge in [-0.05, 0) is 37.1 Å². The molecule has 0 amide bonds. The molecule has 1 aromatic carbocycles. The van der Waals surface area contributed by atoms with Crippen LogP contribution in [-0.4, -0.2) is 12.1 Å². The smallest absolute Gasteiger partial charge is 0.123 e. The fraction of sp³-hybridized carbons (Fsp3) is 0.625. The van der Waals surface area contributed by atoms with Crippen molar-refractivity contribution in [3.05, 3.63) is 30.1 Å². The van der Waals surface area contributed by atoms with Crippen molar-refractivity contribution in [2.45, 2.75) is 57.1 Å². The van der Waals surface area contributed by atoms with Crippen LogP contribution < -0.4 is 10.5 Å². The van der Waals surface area contributed by atoms with Gasteiger partial charge in [-0.1, -0.05) is 25.7 Å². The number of benzene rings is 1. The predicted octanol–water partition coefficient (Wildman–Crippen LogP) is 3.64. The van der Waals surface area contributed by atoms with Crippen LogP contribution in [0.1, 0.15) is 44.9 Å². The number of hydrogen-bond acceptors (Lipinski definition) is 2. The van der Waals surface area contributed by atoms with E-state index in [1.807, 2.05) is 0 Å². The maximum atomic E-state index is 12.9. The Bertz CT molecular complexity index is 423. The van der Waals surface area contributed by atoms with Gasteiger partial charge in [-0.2, -0.15) is 0 Å². The summed E-state index contributed by atoms with van der Waals surface area (Å²) in [4.78, 5) is 0. The second-order valence-corrected chi connectivity index (χ2v) is 6.05. The number of hydrogen-bond donors (Lipinski definition) is 1. The first kappa shape index (κ1) is 12.9. The average Bonchev–Trinajstić information content (AvgIpc) is 2.68. The lowest BCUT2D eigenvalue weighted by Crippen LogP contribution is -2.63. The van der Waals surface area contributed by atoms with Crippen molar-refractivity contribution < 1.29 is 9.13 Å². The van der Waals surface area contributed by atoms with E-state index < -0.39 is 0 Å². The van der Waals surface area contributed by atoms with E-state index in [1.54, 1.807) is 12.1 Å². The Balaban J connectivity index is 1.72. The molecule has 0 aliphatic heterocycles. The van der Waals surface area contributed by atoms with Crippen LogP contribution in [0.25, 0.3) is 0 Å². The zero-order chi connectivity index (χ0) is 13.3. The standard InChI is InChI=1S/C16H22FNO/c17-12-5-7-13(8-6-12)19-15-11-14(18)16(15)9-3-1-2-4-10-16/h5-8,14-15H,1-4,9-11,18H2. The summed E-state index contributed by atoms with van der Waals surface area (Å²) in [5, 5.41) is 0. The number of rotatable bonds is 2. The molecule has 2 saturated carbocycles. The minimum Gasteiger partial charge on any atom is -0.490 e. The molecule has 2 N–H and O–H groups in total. The molecule has 19 heavy (non-hydrogen) atoms. The van der Waals surface area contributed by atoms with Crippen LogP contribution >= 0.6 is 0 Å². The summed E-state index contributed by atoms with van der Waals surface area (Å²) >= 11 is 0. The Labute approximate surface area is 114 Å². The highest BCUT2D eigenvalue weighted by Gasteiger charge is 2.54. The largest absolute Gasteiger partial charge is 0.490 e. The van der Waals surface area contributed by atoms with Gasteiger partial charge in [0.1, 0.15) is 17.7 Å². The fourth-order valence-corrected chi connectivity index (χ4v) is 3.70. The molecule has 0 saturated heterocycles. The Morgan fingerprint density at radius 2 is 1.68 bits per heavy atom. The van der Waals surface area contributed by atoms with Gasteiger partial charge < -0.3 is 10.5 Å². The summed E-state index contributed by atoms with van der Waals surface area (Å²) in [7, 11) is 0. The van der Waals surface area contributed by atoms with Gasteiger partial charge in [0.15, 0.2) is 0 Å². The first-order valence-electron chi connectivity index (χ1n) is 7.38. The lowest BCUT2D eigenvalue weighted by atomic mass is 9.58. The normalized spacial score (nSPS) is 29.6. The van der Waals surface area contributed by atoms with Crippen molar-refractivity contribution in [3.63, 3.8) is 0 Å². The van der Waals surface area contributed by atoms with E-state index >= 15 is 0 Å². The molecule has 2 aliphatic carbocycles. The zero-order valence-corrected chi connectivity index (χ0v) is 11.3. The number of ether oxygens (including phenoxy) is 1. The minimum absolute atomic E-state index is 0.172. The third-order valence-electron chi connectivity index (χ3n) is 4.97. The van der Waals surface area contributed by atoms with E-state index in [1.165, 1.54) is 50.7 Å². The summed E-state index contributed by atoms with van der Waals surface area (Å²) in [6.07, 6.45) is 8.66. The highest BCUT2D eigenvalue weighted by atomic mass is 19.1. The van der Waals surface area contributed by atoms with E-state index in [4.69, 9.17) is 10.5 Å². The van der Waals surface area contributed by atoms with Crippen molar-refractivity contribution in [1.82, 2.24) is 0 Å². The molecule has 0 aromatic heterocycles. The van der Waals surface area contributed by atoms with Gasteiger partial charge >= 0.3 is 0 Å². The van der Waals surface area contributed by atoms with Crippen LogP contribution in [0.5, 0.6) is 5.75 Å². The molecule has 2 fully saturated rings. The van der Waals surface area contributed by atoms with Gasteiger partial charge in [-0.15, -0.1) is 0 Å². The Morgan fingerprint density at radius 1 is 1.05 bits per heavy atom. The minimum atomic E-state index is -0.221. The lowest BCUT2D eigenvalue weighted by Gasteiger charge is -2.54. The molecule has 0 bridgehead atoms. The van der Waals surface area contributed by atoms with Crippen LogP contribution in [0.4, 0.5) is 4.39 Å². The quantitative estimate of drug-likeness (QED) is 0.884. The van der Waals surface area contributed by atoms with Crippen LogP contribution in [0.15, 0.2) is 24.3 Å². The highest BCUT2D eigenvalue weighted by Crippen LogP contribution is 2.51. The molecule has 2 nitrogen and oxygen atoms in total. The molecule has 1 spiro atoms. The van der Waals surface area contributed by atoms with E-state index in [9.17, 15) is 4.39 Å². The topological polar surface area (TPSA) is 35.2 Å². The highest BCUT2D eigenvalue weighted by molar-refractivity contribution is 5.24. The molecule has 104 valence electrons. The second-order valence-electron chi connectivity index (χ2n) is 6.05. The molecule has 2 unspecified atom stereocenters. The van der Waals surface area contributed by atoms with Crippen LogP contribution in [-0.2, 0) is 0 Å². The van der Waals surface area contributed by atoms with E-state index in [0.717, 1.165) is 12.2 Å². The zero-order valence-electron chi connectivity index (χ0n) is 11.3. The Hall–Kier alpha value is -1.09. The predicted molar refractivity (Wildman–Crippen MR) is 73.5 cm³/mol. The van der Waals surface area contributed by atoms with Crippen molar-refractivity contribution in [2.24, 2.45) is 11.1 Å². The molecule has 0 radical (unpaired) electrons. The summed E-state index contributed by atoms with van der Waals surface area (Å²) in [6, 6.07) is 6.60. The first-order valence-corrected chi connectivity index (χ1v) is 7.38. The number of halogens is 1. The van der Waals surface area contributed by atoms with Gasteiger partial charge in [-0.25, -0.2) is 4.39 Å². The van der Waals surface area contributed by atoms with Crippen LogP contribution in [0.2, 0.25) is 0 Å². The summed E-state index contributed by atoms with van der Waals surface area (Å²) in [5.74, 6) is 0.545.